The zero-order chi connectivity index (χ0) is 15.1. The Morgan fingerprint density at radius 2 is 2.00 bits per heavy atom. The lowest BCUT2D eigenvalue weighted by Gasteiger charge is -2.11. The largest absolute Gasteiger partial charge is 0.488 e. The maximum absolute atomic E-state index is 13.8. The van der Waals surface area contributed by atoms with Crippen LogP contribution in [0, 0.1) is 5.82 Å². The van der Waals surface area contributed by atoms with Crippen LogP contribution in [-0.2, 0) is 13.2 Å². The van der Waals surface area contributed by atoms with Gasteiger partial charge in [-0.2, -0.15) is 0 Å². The first-order valence-corrected chi connectivity index (χ1v) is 7.01. The molecular formula is C18H20FNO. The molecule has 0 fully saturated rings. The molecule has 0 heterocycles. The highest BCUT2D eigenvalue weighted by molar-refractivity contribution is 5.56. The van der Waals surface area contributed by atoms with E-state index in [0.717, 1.165) is 16.9 Å². The first-order valence-electron chi connectivity index (χ1n) is 7.01. The summed E-state index contributed by atoms with van der Waals surface area (Å²) >= 11 is 0. The average molecular weight is 285 g/mol. The summed E-state index contributed by atoms with van der Waals surface area (Å²) in [4.78, 5) is 0. The van der Waals surface area contributed by atoms with E-state index in [9.17, 15) is 4.39 Å². The minimum atomic E-state index is -0.238. The van der Waals surface area contributed by atoms with Crippen LogP contribution in [0.4, 0.5) is 4.39 Å². The van der Waals surface area contributed by atoms with Crippen LogP contribution in [0.2, 0.25) is 0 Å². The van der Waals surface area contributed by atoms with Crippen molar-refractivity contribution in [2.24, 2.45) is 0 Å². The van der Waals surface area contributed by atoms with Gasteiger partial charge in [-0.1, -0.05) is 36.4 Å². The van der Waals surface area contributed by atoms with Gasteiger partial charge in [-0.15, -0.1) is 0 Å². The Labute approximate surface area is 125 Å². The Balaban J connectivity index is 2.14. The SMILES string of the molecule is C/C=C/c1ccccc1OCc1cc(CNC)ccc1F. The van der Waals surface area contributed by atoms with Gasteiger partial charge in [-0.3, -0.25) is 0 Å². The minimum Gasteiger partial charge on any atom is -0.488 e. The first kappa shape index (κ1) is 15.3. The van der Waals surface area contributed by atoms with Crippen molar-refractivity contribution >= 4 is 6.08 Å². The van der Waals surface area contributed by atoms with E-state index in [1.807, 2.05) is 56.5 Å². The molecule has 0 radical (unpaired) electrons. The Kier molecular flexibility index (Phi) is 5.52. The topological polar surface area (TPSA) is 21.3 Å². The van der Waals surface area contributed by atoms with Gasteiger partial charge in [0.1, 0.15) is 18.2 Å². The maximum atomic E-state index is 13.8. The molecule has 2 nitrogen and oxygen atoms in total. The van der Waals surface area contributed by atoms with E-state index in [1.165, 1.54) is 6.07 Å². The van der Waals surface area contributed by atoms with Crippen molar-refractivity contribution in [2.75, 3.05) is 7.05 Å². The van der Waals surface area contributed by atoms with Gasteiger partial charge in [-0.25, -0.2) is 4.39 Å². The van der Waals surface area contributed by atoms with Crippen molar-refractivity contribution in [1.82, 2.24) is 5.32 Å². The quantitative estimate of drug-likeness (QED) is 0.860. The van der Waals surface area contributed by atoms with Gasteiger partial charge in [0.05, 0.1) is 0 Å². The Morgan fingerprint density at radius 1 is 1.19 bits per heavy atom. The molecule has 0 saturated heterocycles. The molecule has 0 aliphatic heterocycles. The zero-order valence-electron chi connectivity index (χ0n) is 12.4. The number of allylic oxidation sites excluding steroid dienone is 1. The summed E-state index contributed by atoms with van der Waals surface area (Å²) in [7, 11) is 1.87. The van der Waals surface area contributed by atoms with Crippen molar-refractivity contribution in [2.45, 2.75) is 20.1 Å². The molecule has 0 saturated carbocycles. The van der Waals surface area contributed by atoms with Crippen LogP contribution in [-0.4, -0.2) is 7.05 Å². The van der Waals surface area contributed by atoms with Crippen LogP contribution in [0.1, 0.15) is 23.6 Å². The predicted molar refractivity (Wildman–Crippen MR) is 84.6 cm³/mol. The maximum Gasteiger partial charge on any atom is 0.129 e. The second kappa shape index (κ2) is 7.60. The third-order valence-corrected chi connectivity index (χ3v) is 3.14. The van der Waals surface area contributed by atoms with E-state index in [4.69, 9.17) is 4.74 Å². The summed E-state index contributed by atoms with van der Waals surface area (Å²) in [5.41, 5.74) is 2.60. The fourth-order valence-corrected chi connectivity index (χ4v) is 2.14. The summed E-state index contributed by atoms with van der Waals surface area (Å²) < 4.78 is 19.6. The molecule has 0 atom stereocenters. The molecule has 0 unspecified atom stereocenters. The number of hydrogen-bond donors (Lipinski definition) is 1. The fraction of sp³-hybridized carbons (Fsp3) is 0.222. The van der Waals surface area contributed by atoms with Gasteiger partial charge in [0.25, 0.3) is 0 Å². The van der Waals surface area contributed by atoms with Crippen molar-refractivity contribution in [1.29, 1.82) is 0 Å². The van der Waals surface area contributed by atoms with E-state index in [0.29, 0.717) is 12.1 Å². The van der Waals surface area contributed by atoms with Crippen LogP contribution >= 0.6 is 0 Å². The summed E-state index contributed by atoms with van der Waals surface area (Å²) in [5.74, 6) is 0.521. The van der Waals surface area contributed by atoms with Crippen LogP contribution < -0.4 is 10.1 Å². The number of nitrogens with one attached hydrogen (secondary N) is 1. The molecule has 0 amide bonds. The molecule has 2 aromatic rings. The van der Waals surface area contributed by atoms with E-state index in [1.54, 1.807) is 6.07 Å². The third kappa shape index (κ3) is 4.17. The normalized spacial score (nSPS) is 11.0. The lowest BCUT2D eigenvalue weighted by molar-refractivity contribution is 0.299. The van der Waals surface area contributed by atoms with Crippen LogP contribution in [0.5, 0.6) is 5.75 Å². The molecule has 0 aliphatic carbocycles. The molecule has 3 heteroatoms. The lowest BCUT2D eigenvalue weighted by atomic mass is 10.1. The highest BCUT2D eigenvalue weighted by Crippen LogP contribution is 2.21. The molecule has 2 rings (SSSR count). The van der Waals surface area contributed by atoms with E-state index < -0.39 is 0 Å². The Morgan fingerprint density at radius 3 is 2.76 bits per heavy atom. The molecule has 0 spiro atoms. The van der Waals surface area contributed by atoms with E-state index >= 15 is 0 Å². The average Bonchev–Trinajstić information content (AvgIpc) is 2.50. The summed E-state index contributed by atoms with van der Waals surface area (Å²) in [6, 6.07) is 12.8. The second-order valence-corrected chi connectivity index (χ2v) is 4.78. The highest BCUT2D eigenvalue weighted by Gasteiger charge is 2.06. The van der Waals surface area contributed by atoms with Gasteiger partial charge in [0.15, 0.2) is 0 Å². The van der Waals surface area contributed by atoms with Gasteiger partial charge >= 0.3 is 0 Å². The molecule has 0 aliphatic rings. The third-order valence-electron chi connectivity index (χ3n) is 3.14. The van der Waals surface area contributed by atoms with Crippen LogP contribution in [0.15, 0.2) is 48.5 Å². The molecular weight excluding hydrogens is 265 g/mol. The van der Waals surface area contributed by atoms with Crippen molar-refractivity contribution < 1.29 is 9.13 Å². The second-order valence-electron chi connectivity index (χ2n) is 4.78. The van der Waals surface area contributed by atoms with Crippen LogP contribution in [0.25, 0.3) is 6.08 Å². The van der Waals surface area contributed by atoms with Gasteiger partial charge in [0.2, 0.25) is 0 Å². The van der Waals surface area contributed by atoms with Crippen molar-refractivity contribution in [3.63, 3.8) is 0 Å². The van der Waals surface area contributed by atoms with Crippen molar-refractivity contribution in [3.8, 4) is 5.75 Å². The standard InChI is InChI=1S/C18H20FNO/c1-3-6-15-7-4-5-8-18(15)21-13-16-11-14(12-20-2)9-10-17(16)19/h3-11,20H,12-13H2,1-2H3/b6-3+. The fourth-order valence-electron chi connectivity index (χ4n) is 2.14. The molecule has 1 N–H and O–H groups in total. The zero-order valence-corrected chi connectivity index (χ0v) is 12.4. The number of ether oxygens (including phenoxy) is 1. The van der Waals surface area contributed by atoms with E-state index in [2.05, 4.69) is 5.32 Å². The van der Waals surface area contributed by atoms with E-state index in [-0.39, 0.29) is 12.4 Å². The van der Waals surface area contributed by atoms with Crippen molar-refractivity contribution in [3.05, 3.63) is 71.0 Å². The number of rotatable bonds is 6. The highest BCUT2D eigenvalue weighted by atomic mass is 19.1. The lowest BCUT2D eigenvalue weighted by Crippen LogP contribution is -2.07. The molecule has 110 valence electrons. The Hall–Kier alpha value is -2.13. The number of hydrogen-bond acceptors (Lipinski definition) is 2. The Bertz CT molecular complexity index is 622. The number of para-hydroxylation sites is 1. The monoisotopic (exact) mass is 285 g/mol. The van der Waals surface area contributed by atoms with Gasteiger partial charge < -0.3 is 10.1 Å². The molecule has 0 bridgehead atoms. The number of halogens is 1. The number of benzene rings is 2. The first-order chi connectivity index (χ1) is 10.2. The van der Waals surface area contributed by atoms with Gasteiger partial charge in [-0.05, 0) is 37.7 Å². The summed E-state index contributed by atoms with van der Waals surface area (Å²) in [5, 5.41) is 3.06. The van der Waals surface area contributed by atoms with Gasteiger partial charge in [0, 0.05) is 17.7 Å². The summed E-state index contributed by atoms with van der Waals surface area (Å²) in [6.07, 6.45) is 3.93. The molecule has 0 aromatic heterocycles. The predicted octanol–water partition coefficient (Wildman–Crippen LogP) is 4.16. The minimum absolute atomic E-state index is 0.220. The smallest absolute Gasteiger partial charge is 0.129 e. The van der Waals surface area contributed by atoms with Crippen LogP contribution in [0.3, 0.4) is 0 Å². The molecule has 21 heavy (non-hydrogen) atoms. The summed E-state index contributed by atoms with van der Waals surface area (Å²) in [6.45, 7) is 2.89. The molecule has 2 aromatic carbocycles.